The first-order valence-electron chi connectivity index (χ1n) is 8.44. The van der Waals surface area contributed by atoms with E-state index in [2.05, 4.69) is 31.8 Å². The van der Waals surface area contributed by atoms with Crippen LogP contribution in [0.1, 0.15) is 54.6 Å². The molecule has 2 fully saturated rings. The van der Waals surface area contributed by atoms with Crippen LogP contribution in [0.2, 0.25) is 0 Å². The standard InChI is InChI=1S/C18H21N5/c19-10-14-3-1-4-15(9-14)11-22-8-2-5-16(12-22)18-21-20-13-23(18)17-6-7-17/h1,3-4,9,13,16-17H,2,5-8,11-12H2. The lowest BCUT2D eigenvalue weighted by molar-refractivity contribution is 0.194. The highest BCUT2D eigenvalue weighted by Crippen LogP contribution is 2.38. The Labute approximate surface area is 136 Å². The molecule has 0 amide bonds. The van der Waals surface area contributed by atoms with Gasteiger partial charge in [-0.2, -0.15) is 5.26 Å². The lowest BCUT2D eigenvalue weighted by atomic mass is 9.96. The van der Waals surface area contributed by atoms with Gasteiger partial charge >= 0.3 is 0 Å². The number of nitrogens with zero attached hydrogens (tertiary/aromatic N) is 5. The van der Waals surface area contributed by atoms with Crippen molar-refractivity contribution in [3.05, 3.63) is 47.5 Å². The molecule has 118 valence electrons. The van der Waals surface area contributed by atoms with E-state index in [1.165, 1.54) is 37.1 Å². The number of piperidine rings is 1. The second-order valence-corrected chi connectivity index (χ2v) is 6.71. The largest absolute Gasteiger partial charge is 0.314 e. The molecule has 23 heavy (non-hydrogen) atoms. The second kappa shape index (κ2) is 6.13. The van der Waals surface area contributed by atoms with Gasteiger partial charge in [-0.15, -0.1) is 10.2 Å². The molecular weight excluding hydrogens is 286 g/mol. The Morgan fingerprint density at radius 2 is 2.17 bits per heavy atom. The molecule has 4 rings (SSSR count). The van der Waals surface area contributed by atoms with Crippen molar-refractivity contribution in [2.24, 2.45) is 0 Å². The van der Waals surface area contributed by atoms with Crippen LogP contribution in [0.25, 0.3) is 0 Å². The predicted molar refractivity (Wildman–Crippen MR) is 86.7 cm³/mol. The molecule has 0 spiro atoms. The topological polar surface area (TPSA) is 57.7 Å². The highest BCUT2D eigenvalue weighted by atomic mass is 15.3. The minimum atomic E-state index is 0.478. The van der Waals surface area contributed by atoms with Crippen LogP contribution >= 0.6 is 0 Å². The lowest BCUT2D eigenvalue weighted by Crippen LogP contribution is -2.34. The van der Waals surface area contributed by atoms with Crippen LogP contribution in [-0.4, -0.2) is 32.8 Å². The van der Waals surface area contributed by atoms with Gasteiger partial charge in [-0.05, 0) is 49.9 Å². The Morgan fingerprint density at radius 1 is 1.26 bits per heavy atom. The van der Waals surface area contributed by atoms with Crippen molar-refractivity contribution >= 4 is 0 Å². The number of hydrogen-bond acceptors (Lipinski definition) is 4. The van der Waals surface area contributed by atoms with Crippen molar-refractivity contribution in [1.29, 1.82) is 5.26 Å². The van der Waals surface area contributed by atoms with Crippen LogP contribution in [0, 0.1) is 11.3 Å². The number of rotatable bonds is 4. The summed E-state index contributed by atoms with van der Waals surface area (Å²) in [6.45, 7) is 3.05. The van der Waals surface area contributed by atoms with E-state index < -0.39 is 0 Å². The zero-order valence-corrected chi connectivity index (χ0v) is 13.2. The Kier molecular flexibility index (Phi) is 3.84. The van der Waals surface area contributed by atoms with Gasteiger partial charge in [-0.1, -0.05) is 12.1 Å². The average Bonchev–Trinajstić information content (AvgIpc) is 3.32. The summed E-state index contributed by atoms with van der Waals surface area (Å²) < 4.78 is 2.30. The first kappa shape index (κ1) is 14.4. The van der Waals surface area contributed by atoms with Crippen molar-refractivity contribution in [3.63, 3.8) is 0 Å². The monoisotopic (exact) mass is 307 g/mol. The highest BCUT2D eigenvalue weighted by molar-refractivity contribution is 5.32. The molecule has 1 aromatic carbocycles. The summed E-state index contributed by atoms with van der Waals surface area (Å²) in [5, 5.41) is 17.6. The van der Waals surface area contributed by atoms with Gasteiger partial charge < -0.3 is 4.57 Å². The van der Waals surface area contributed by atoms with E-state index in [-0.39, 0.29) is 0 Å². The van der Waals surface area contributed by atoms with E-state index in [0.29, 0.717) is 12.0 Å². The van der Waals surface area contributed by atoms with Gasteiger partial charge in [-0.25, -0.2) is 0 Å². The smallest absolute Gasteiger partial charge is 0.137 e. The Balaban J connectivity index is 1.46. The van der Waals surface area contributed by atoms with Gasteiger partial charge in [0.05, 0.1) is 11.6 Å². The number of benzene rings is 1. The Bertz CT molecular complexity index is 725. The van der Waals surface area contributed by atoms with E-state index in [1.54, 1.807) is 0 Å². The van der Waals surface area contributed by atoms with Gasteiger partial charge in [-0.3, -0.25) is 4.90 Å². The summed E-state index contributed by atoms with van der Waals surface area (Å²) >= 11 is 0. The maximum atomic E-state index is 9.04. The van der Waals surface area contributed by atoms with Gasteiger partial charge in [0.15, 0.2) is 0 Å². The molecule has 2 aliphatic rings. The maximum absolute atomic E-state index is 9.04. The van der Waals surface area contributed by atoms with E-state index >= 15 is 0 Å². The molecule has 0 radical (unpaired) electrons. The van der Waals surface area contributed by atoms with Crippen molar-refractivity contribution in [1.82, 2.24) is 19.7 Å². The summed E-state index contributed by atoms with van der Waals surface area (Å²) in [4.78, 5) is 2.48. The SMILES string of the molecule is N#Cc1cccc(CN2CCCC(c3nncn3C3CC3)C2)c1. The third-order valence-corrected chi connectivity index (χ3v) is 4.87. The number of aromatic nitrogens is 3. The summed E-state index contributed by atoms with van der Waals surface area (Å²) in [6, 6.07) is 10.8. The van der Waals surface area contributed by atoms with Crippen molar-refractivity contribution in [2.45, 2.75) is 44.2 Å². The third-order valence-electron chi connectivity index (χ3n) is 4.87. The zero-order chi connectivity index (χ0) is 15.6. The third kappa shape index (κ3) is 3.13. The van der Waals surface area contributed by atoms with E-state index in [0.717, 1.165) is 25.2 Å². The van der Waals surface area contributed by atoms with E-state index in [4.69, 9.17) is 5.26 Å². The first-order chi connectivity index (χ1) is 11.3. The molecule has 2 heterocycles. The van der Waals surface area contributed by atoms with Crippen LogP contribution in [0.15, 0.2) is 30.6 Å². The van der Waals surface area contributed by atoms with Crippen molar-refractivity contribution in [2.75, 3.05) is 13.1 Å². The minimum absolute atomic E-state index is 0.478. The number of hydrogen-bond donors (Lipinski definition) is 0. The van der Waals surface area contributed by atoms with E-state index in [9.17, 15) is 0 Å². The lowest BCUT2D eigenvalue weighted by Gasteiger charge is -2.32. The summed E-state index contributed by atoms with van der Waals surface area (Å²) in [5.74, 6) is 1.65. The van der Waals surface area contributed by atoms with Crippen molar-refractivity contribution in [3.8, 4) is 6.07 Å². The average molecular weight is 307 g/mol. The van der Waals surface area contributed by atoms with Crippen LogP contribution < -0.4 is 0 Å². The molecule has 2 aromatic rings. The number of nitriles is 1. The number of likely N-dealkylation sites (tertiary alicyclic amines) is 1. The highest BCUT2D eigenvalue weighted by Gasteiger charge is 2.31. The Morgan fingerprint density at radius 3 is 3.00 bits per heavy atom. The van der Waals surface area contributed by atoms with Crippen LogP contribution in [0.5, 0.6) is 0 Å². The summed E-state index contributed by atoms with van der Waals surface area (Å²) in [5.41, 5.74) is 1.96. The fourth-order valence-electron chi connectivity index (χ4n) is 3.59. The van der Waals surface area contributed by atoms with Crippen LogP contribution in [0.3, 0.4) is 0 Å². The fraction of sp³-hybridized carbons (Fsp3) is 0.500. The molecule has 1 aliphatic carbocycles. The molecule has 1 saturated carbocycles. The van der Waals surface area contributed by atoms with Gasteiger partial charge in [0, 0.05) is 25.0 Å². The molecule has 5 nitrogen and oxygen atoms in total. The molecule has 5 heteroatoms. The quantitative estimate of drug-likeness (QED) is 0.871. The Hall–Kier alpha value is -2.19. The molecule has 1 atom stereocenters. The van der Waals surface area contributed by atoms with E-state index in [1.807, 2.05) is 24.5 Å². The van der Waals surface area contributed by atoms with Gasteiger partial charge in [0.1, 0.15) is 12.2 Å². The van der Waals surface area contributed by atoms with Crippen LogP contribution in [-0.2, 0) is 6.54 Å². The van der Waals surface area contributed by atoms with Gasteiger partial charge in [0.25, 0.3) is 0 Å². The molecule has 1 saturated heterocycles. The van der Waals surface area contributed by atoms with Crippen molar-refractivity contribution < 1.29 is 0 Å². The van der Waals surface area contributed by atoms with Crippen LogP contribution in [0.4, 0.5) is 0 Å². The molecule has 0 N–H and O–H groups in total. The molecule has 0 bridgehead atoms. The second-order valence-electron chi connectivity index (χ2n) is 6.71. The zero-order valence-electron chi connectivity index (χ0n) is 13.2. The molecular formula is C18H21N5. The summed E-state index contributed by atoms with van der Waals surface area (Å²) in [6.07, 6.45) is 6.83. The molecule has 1 unspecified atom stereocenters. The molecule has 1 aliphatic heterocycles. The molecule has 1 aromatic heterocycles. The predicted octanol–water partition coefficient (Wildman–Crippen LogP) is 2.86. The fourth-order valence-corrected chi connectivity index (χ4v) is 3.59. The normalized spacial score (nSPS) is 22.0. The first-order valence-corrected chi connectivity index (χ1v) is 8.44. The minimum Gasteiger partial charge on any atom is -0.314 e. The summed E-state index contributed by atoms with van der Waals surface area (Å²) in [7, 11) is 0. The van der Waals surface area contributed by atoms with Gasteiger partial charge in [0.2, 0.25) is 0 Å². The maximum Gasteiger partial charge on any atom is 0.137 e.